The fourth-order valence-electron chi connectivity index (χ4n) is 3.79. The van der Waals surface area contributed by atoms with Crippen molar-refractivity contribution in [2.24, 2.45) is 5.92 Å². The summed E-state index contributed by atoms with van der Waals surface area (Å²) in [6.07, 6.45) is 3.14. The van der Waals surface area contributed by atoms with Gasteiger partial charge in [0.25, 0.3) is 0 Å². The zero-order chi connectivity index (χ0) is 20.3. The van der Waals surface area contributed by atoms with Crippen LogP contribution in [0.4, 0.5) is 23.7 Å². The van der Waals surface area contributed by atoms with Gasteiger partial charge in [0.1, 0.15) is 17.3 Å². The number of nitrogens with zero attached hydrogens (tertiary/aromatic N) is 3. The molecule has 1 unspecified atom stereocenters. The summed E-state index contributed by atoms with van der Waals surface area (Å²) in [7, 11) is 0. The number of carbonyl (C=O) groups excluding carboxylic acids is 2. The van der Waals surface area contributed by atoms with E-state index in [0.717, 1.165) is 35.3 Å². The van der Waals surface area contributed by atoms with Gasteiger partial charge in [-0.2, -0.15) is 22.5 Å². The van der Waals surface area contributed by atoms with Crippen LogP contribution in [0.1, 0.15) is 12.8 Å². The van der Waals surface area contributed by atoms with E-state index in [1.165, 1.54) is 16.8 Å². The number of pyridine rings is 1. The minimum Gasteiger partial charge on any atom is -0.260 e. The molecular weight excluding hydrogens is 383 g/mol. The molecule has 2 aromatic rings. The van der Waals surface area contributed by atoms with E-state index >= 15 is 0 Å². The number of imide groups is 1. The molecule has 1 atom stereocenters. The quantitative estimate of drug-likeness (QED) is 0.719. The lowest BCUT2D eigenvalue weighted by Crippen LogP contribution is -2.52. The summed E-state index contributed by atoms with van der Waals surface area (Å²) in [5.41, 5.74) is 0.406. The molecule has 8 heteroatoms. The van der Waals surface area contributed by atoms with Crippen molar-refractivity contribution in [1.29, 1.82) is 0 Å². The molecule has 2 heterocycles. The van der Waals surface area contributed by atoms with Crippen molar-refractivity contribution in [3.8, 4) is 0 Å². The van der Waals surface area contributed by atoms with E-state index < -0.39 is 24.0 Å². The summed E-state index contributed by atoms with van der Waals surface area (Å²) >= 11 is 0. The molecule has 0 radical (unpaired) electrons. The number of halogens is 3. The molecule has 0 spiro atoms. The lowest BCUT2D eigenvalue weighted by atomic mass is 9.92. The van der Waals surface area contributed by atoms with E-state index in [0.29, 0.717) is 5.39 Å². The molecule has 5 rings (SSSR count). The second kappa shape index (κ2) is 6.10. The summed E-state index contributed by atoms with van der Waals surface area (Å²) < 4.78 is 41.3. The Balaban J connectivity index is 1.71. The fraction of sp³-hybridized carbons (Fsp3) is 0.238. The lowest BCUT2D eigenvalue weighted by Gasteiger charge is -2.26. The van der Waals surface area contributed by atoms with Crippen molar-refractivity contribution >= 4 is 34.1 Å². The molecule has 29 heavy (non-hydrogen) atoms. The molecule has 3 aliphatic rings. The summed E-state index contributed by atoms with van der Waals surface area (Å²) in [5.74, 6) is -2.63. The zero-order valence-corrected chi connectivity index (χ0v) is 15.1. The molecule has 0 N–H and O–H groups in total. The van der Waals surface area contributed by atoms with Gasteiger partial charge in [-0.25, -0.2) is 4.79 Å². The maximum Gasteiger partial charge on any atom is 0.507 e. The van der Waals surface area contributed by atoms with Gasteiger partial charge in [-0.05, 0) is 31.1 Å². The molecule has 1 aromatic heterocycles. The Morgan fingerprint density at radius 3 is 2.59 bits per heavy atom. The third-order valence-corrected chi connectivity index (χ3v) is 5.35. The molecular formula is C21H15F3N3O2+. The second-order valence-corrected chi connectivity index (χ2v) is 7.30. The lowest BCUT2D eigenvalue weighted by molar-refractivity contribution is -0.440. The molecule has 1 aliphatic heterocycles. The Bertz CT molecular complexity index is 1150. The first kappa shape index (κ1) is 17.8. The molecule has 3 amide bonds. The number of allylic oxidation sites excluding steroid dienone is 3. The molecule has 1 saturated carbocycles. The van der Waals surface area contributed by atoms with Gasteiger partial charge in [-0.15, -0.1) is 4.90 Å². The van der Waals surface area contributed by atoms with E-state index in [9.17, 15) is 22.8 Å². The van der Waals surface area contributed by atoms with E-state index in [1.807, 2.05) is 0 Å². The van der Waals surface area contributed by atoms with Crippen LogP contribution < -0.4 is 4.90 Å². The van der Waals surface area contributed by atoms with Crippen molar-refractivity contribution in [2.45, 2.75) is 25.1 Å². The van der Waals surface area contributed by atoms with Crippen molar-refractivity contribution in [1.82, 2.24) is 4.98 Å². The molecule has 2 aliphatic carbocycles. The Morgan fingerprint density at radius 2 is 1.86 bits per heavy atom. The highest BCUT2D eigenvalue weighted by atomic mass is 19.4. The number of rotatable bonds is 2. The van der Waals surface area contributed by atoms with Crippen LogP contribution >= 0.6 is 0 Å². The SMILES string of the molecule is O=C1C2=CC(C(F)(F)F)C=CC2=[N+](C2CC2)C(=O)N1c1cncc2ccccc12. The van der Waals surface area contributed by atoms with Crippen LogP contribution in [0.15, 0.2) is 60.5 Å². The van der Waals surface area contributed by atoms with Gasteiger partial charge in [0.15, 0.2) is 5.69 Å². The van der Waals surface area contributed by atoms with Gasteiger partial charge in [0.05, 0.1) is 12.1 Å². The average Bonchev–Trinajstić information content (AvgIpc) is 3.52. The average molecular weight is 398 g/mol. The van der Waals surface area contributed by atoms with Gasteiger partial charge in [-0.1, -0.05) is 24.3 Å². The first-order valence-corrected chi connectivity index (χ1v) is 9.21. The van der Waals surface area contributed by atoms with Gasteiger partial charge in [0, 0.05) is 17.0 Å². The van der Waals surface area contributed by atoms with Crippen LogP contribution in [0, 0.1) is 5.92 Å². The number of alkyl halides is 3. The summed E-state index contributed by atoms with van der Waals surface area (Å²) in [6.45, 7) is 0. The standard InChI is InChI=1S/C21H15F3N3O2/c22-21(23,24)13-5-8-17-16(9-13)19(28)27(20(29)26(17)14-6-7-14)18-11-25-10-12-3-1-2-4-15(12)18/h1-5,8-11,13-14H,6-7H2/q+1. The molecule has 146 valence electrons. The maximum absolute atomic E-state index is 13.3. The number of fused-ring (bicyclic) bond motifs is 2. The third kappa shape index (κ3) is 2.78. The topological polar surface area (TPSA) is 53.3 Å². The highest BCUT2D eigenvalue weighted by Crippen LogP contribution is 2.37. The van der Waals surface area contributed by atoms with Crippen molar-refractivity contribution in [2.75, 3.05) is 4.90 Å². The van der Waals surface area contributed by atoms with E-state index in [2.05, 4.69) is 4.98 Å². The largest absolute Gasteiger partial charge is 0.507 e. The van der Waals surface area contributed by atoms with Crippen molar-refractivity contribution in [3.63, 3.8) is 0 Å². The summed E-state index contributed by atoms with van der Waals surface area (Å²) in [4.78, 5) is 31.6. The Hall–Kier alpha value is -3.29. The zero-order valence-electron chi connectivity index (χ0n) is 15.1. The molecule has 1 fully saturated rings. The highest BCUT2D eigenvalue weighted by Gasteiger charge is 2.52. The number of amides is 3. The Kier molecular flexibility index (Phi) is 3.74. The van der Waals surface area contributed by atoms with Gasteiger partial charge >= 0.3 is 18.1 Å². The van der Waals surface area contributed by atoms with E-state index in [1.54, 1.807) is 30.5 Å². The Morgan fingerprint density at radius 1 is 1.10 bits per heavy atom. The predicted octanol–water partition coefficient (Wildman–Crippen LogP) is 3.99. The van der Waals surface area contributed by atoms with E-state index in [-0.39, 0.29) is 23.0 Å². The van der Waals surface area contributed by atoms with Gasteiger partial charge < -0.3 is 0 Å². The minimum atomic E-state index is -4.51. The number of hydrogen-bond donors (Lipinski definition) is 0. The monoisotopic (exact) mass is 398 g/mol. The fourth-order valence-corrected chi connectivity index (χ4v) is 3.79. The third-order valence-electron chi connectivity index (χ3n) is 5.35. The van der Waals surface area contributed by atoms with Crippen LogP contribution in [-0.2, 0) is 4.79 Å². The molecule has 5 nitrogen and oxygen atoms in total. The van der Waals surface area contributed by atoms with Crippen molar-refractivity contribution < 1.29 is 27.3 Å². The van der Waals surface area contributed by atoms with Crippen molar-refractivity contribution in [3.05, 3.63) is 60.5 Å². The second-order valence-electron chi connectivity index (χ2n) is 7.30. The molecule has 1 aromatic carbocycles. The number of hydrogen-bond acceptors (Lipinski definition) is 3. The summed E-state index contributed by atoms with van der Waals surface area (Å²) in [5, 5.41) is 1.35. The highest BCUT2D eigenvalue weighted by molar-refractivity contribution is 6.37. The number of urea groups is 1. The number of aromatic nitrogens is 1. The molecule has 0 bridgehead atoms. The number of carbonyl (C=O) groups is 2. The van der Waals surface area contributed by atoms with Crippen LogP contribution in [0.25, 0.3) is 10.8 Å². The minimum absolute atomic E-state index is 0.103. The van der Waals surface area contributed by atoms with Gasteiger partial charge in [0.2, 0.25) is 0 Å². The number of anilines is 1. The first-order chi connectivity index (χ1) is 13.9. The van der Waals surface area contributed by atoms with Crippen LogP contribution in [-0.4, -0.2) is 39.4 Å². The smallest absolute Gasteiger partial charge is 0.260 e. The predicted molar refractivity (Wildman–Crippen MR) is 99.7 cm³/mol. The van der Waals surface area contributed by atoms with Crippen LogP contribution in [0.2, 0.25) is 0 Å². The normalized spacial score (nSPS) is 22.2. The Labute approximate surface area is 163 Å². The van der Waals surface area contributed by atoms with Crippen LogP contribution in [0.3, 0.4) is 0 Å². The number of benzene rings is 1. The summed E-state index contributed by atoms with van der Waals surface area (Å²) in [6, 6.07) is 6.44. The van der Waals surface area contributed by atoms with Gasteiger partial charge in [-0.3, -0.25) is 4.98 Å². The first-order valence-electron chi connectivity index (χ1n) is 9.21. The molecule has 0 saturated heterocycles. The van der Waals surface area contributed by atoms with Crippen LogP contribution in [0.5, 0.6) is 0 Å². The maximum atomic E-state index is 13.3. The van der Waals surface area contributed by atoms with E-state index in [4.69, 9.17) is 0 Å².